The molecule has 1 amide bonds. The number of benzene rings is 2. The number of para-hydroxylation sites is 1. The molecule has 1 aromatic heterocycles. The summed E-state index contributed by atoms with van der Waals surface area (Å²) in [7, 11) is 3.14. The molecule has 3 aromatic rings. The van der Waals surface area contributed by atoms with E-state index in [4.69, 9.17) is 9.47 Å². The van der Waals surface area contributed by atoms with Crippen LogP contribution in [0.3, 0.4) is 0 Å². The number of nitrogens with zero attached hydrogens (tertiary/aromatic N) is 1. The molecule has 0 atom stereocenters. The minimum absolute atomic E-state index is 0.0479. The van der Waals surface area contributed by atoms with Crippen LogP contribution in [0.1, 0.15) is 10.6 Å². The lowest BCUT2D eigenvalue weighted by atomic mass is 10.2. The van der Waals surface area contributed by atoms with Gasteiger partial charge in [0.05, 0.1) is 17.3 Å². The van der Waals surface area contributed by atoms with Crippen LogP contribution >= 0.6 is 11.3 Å². The molecular formula is C19H18N2O3S. The first-order valence-electron chi connectivity index (χ1n) is 7.74. The summed E-state index contributed by atoms with van der Waals surface area (Å²) in [5, 5.41) is 3.46. The molecule has 25 heavy (non-hydrogen) atoms. The zero-order chi connectivity index (χ0) is 17.6. The fourth-order valence-electron chi connectivity index (χ4n) is 2.25. The molecular weight excluding hydrogens is 336 g/mol. The van der Waals surface area contributed by atoms with Crippen LogP contribution in [0.4, 0.5) is 0 Å². The van der Waals surface area contributed by atoms with Gasteiger partial charge in [-0.3, -0.25) is 4.79 Å². The van der Waals surface area contributed by atoms with Crippen molar-refractivity contribution in [3.05, 3.63) is 53.0 Å². The normalized spacial score (nSPS) is 11.0. The molecule has 128 valence electrons. The number of carbonyl (C=O) groups excluding carboxylic acids is 1. The summed E-state index contributed by atoms with van der Waals surface area (Å²) in [4.78, 5) is 15.9. The van der Waals surface area contributed by atoms with E-state index in [-0.39, 0.29) is 12.5 Å². The quantitative estimate of drug-likeness (QED) is 0.735. The molecule has 0 aliphatic carbocycles. The minimum Gasteiger partial charge on any atom is -0.493 e. The standard InChI is InChI=1S/C19H18N2O3S/c1-20-18(22)12-24-15-9-7-13(11-16(15)23-2)8-10-19-21-14-5-3-4-6-17(14)25-19/h3-11H,12H2,1-2H3,(H,20,22)/b10-8+. The van der Waals surface area contributed by atoms with Crippen LogP contribution in [-0.2, 0) is 4.79 Å². The number of aromatic nitrogens is 1. The van der Waals surface area contributed by atoms with E-state index in [0.29, 0.717) is 11.5 Å². The van der Waals surface area contributed by atoms with Gasteiger partial charge in [0.25, 0.3) is 5.91 Å². The third kappa shape index (κ3) is 4.16. The largest absolute Gasteiger partial charge is 0.493 e. The molecule has 2 aromatic carbocycles. The van der Waals surface area contributed by atoms with Crippen molar-refractivity contribution in [1.82, 2.24) is 10.3 Å². The lowest BCUT2D eigenvalue weighted by Gasteiger charge is -2.10. The van der Waals surface area contributed by atoms with Gasteiger partial charge < -0.3 is 14.8 Å². The molecule has 0 aliphatic rings. The van der Waals surface area contributed by atoms with Crippen molar-refractivity contribution in [3.63, 3.8) is 0 Å². The summed E-state index contributed by atoms with van der Waals surface area (Å²) in [5.74, 6) is 0.917. The number of hydrogen-bond donors (Lipinski definition) is 1. The van der Waals surface area contributed by atoms with Gasteiger partial charge in [0.1, 0.15) is 5.01 Å². The molecule has 0 bridgehead atoms. The Labute approximate surface area is 149 Å². The first-order chi connectivity index (χ1) is 12.2. The molecule has 3 rings (SSSR count). The van der Waals surface area contributed by atoms with Gasteiger partial charge in [-0.1, -0.05) is 24.3 Å². The van der Waals surface area contributed by atoms with Crippen molar-refractivity contribution in [2.75, 3.05) is 20.8 Å². The number of nitrogens with one attached hydrogen (secondary N) is 1. The average Bonchev–Trinajstić information content (AvgIpc) is 3.07. The molecule has 0 radical (unpaired) electrons. The topological polar surface area (TPSA) is 60.5 Å². The number of amides is 1. The number of hydrogen-bond acceptors (Lipinski definition) is 5. The molecule has 0 aliphatic heterocycles. The summed E-state index contributed by atoms with van der Waals surface area (Å²) in [6, 6.07) is 13.6. The Morgan fingerprint density at radius 2 is 2.04 bits per heavy atom. The van der Waals surface area contributed by atoms with E-state index in [9.17, 15) is 4.79 Å². The molecule has 5 nitrogen and oxygen atoms in total. The first kappa shape index (κ1) is 17.0. The van der Waals surface area contributed by atoms with Gasteiger partial charge in [-0.2, -0.15) is 0 Å². The Kier molecular flexibility index (Phi) is 5.30. The van der Waals surface area contributed by atoms with Crippen LogP contribution in [0.2, 0.25) is 0 Å². The van der Waals surface area contributed by atoms with Gasteiger partial charge in [0.2, 0.25) is 0 Å². The summed E-state index contributed by atoms with van der Waals surface area (Å²) in [6.07, 6.45) is 3.95. The third-order valence-electron chi connectivity index (χ3n) is 3.55. The minimum atomic E-state index is -0.193. The summed E-state index contributed by atoms with van der Waals surface area (Å²) >= 11 is 1.65. The Balaban J connectivity index is 1.76. The van der Waals surface area contributed by atoms with Crippen molar-refractivity contribution in [2.45, 2.75) is 0 Å². The zero-order valence-electron chi connectivity index (χ0n) is 14.0. The number of fused-ring (bicyclic) bond motifs is 1. The molecule has 0 saturated carbocycles. The molecule has 6 heteroatoms. The first-order valence-corrected chi connectivity index (χ1v) is 8.56. The number of ether oxygens (including phenoxy) is 2. The average molecular weight is 354 g/mol. The molecule has 0 unspecified atom stereocenters. The molecule has 0 fully saturated rings. The number of carbonyl (C=O) groups is 1. The number of methoxy groups -OCH3 is 1. The van der Waals surface area contributed by atoms with Crippen molar-refractivity contribution in [3.8, 4) is 11.5 Å². The third-order valence-corrected chi connectivity index (χ3v) is 4.56. The van der Waals surface area contributed by atoms with Crippen molar-refractivity contribution >= 4 is 39.6 Å². The fraction of sp³-hybridized carbons (Fsp3) is 0.158. The van der Waals surface area contributed by atoms with Gasteiger partial charge in [-0.05, 0) is 35.9 Å². The Bertz CT molecular complexity index is 885. The van der Waals surface area contributed by atoms with Crippen LogP contribution in [0.15, 0.2) is 42.5 Å². The van der Waals surface area contributed by atoms with Crippen molar-refractivity contribution < 1.29 is 14.3 Å². The highest BCUT2D eigenvalue weighted by Crippen LogP contribution is 2.29. The van der Waals surface area contributed by atoms with E-state index in [1.165, 1.54) is 0 Å². The maximum absolute atomic E-state index is 11.3. The Morgan fingerprint density at radius 1 is 1.20 bits per heavy atom. The zero-order valence-corrected chi connectivity index (χ0v) is 14.8. The second-order valence-corrected chi connectivity index (χ2v) is 6.29. The van der Waals surface area contributed by atoms with Crippen molar-refractivity contribution in [2.24, 2.45) is 0 Å². The number of thiazole rings is 1. The van der Waals surface area contributed by atoms with Crippen LogP contribution in [0.5, 0.6) is 11.5 Å². The van der Waals surface area contributed by atoms with Crippen LogP contribution in [-0.4, -0.2) is 31.7 Å². The smallest absolute Gasteiger partial charge is 0.257 e. The van der Waals surface area contributed by atoms with Crippen LogP contribution < -0.4 is 14.8 Å². The van der Waals surface area contributed by atoms with Gasteiger partial charge in [-0.15, -0.1) is 11.3 Å². The second-order valence-electron chi connectivity index (χ2n) is 5.23. The Hall–Kier alpha value is -2.86. The highest BCUT2D eigenvalue weighted by atomic mass is 32.1. The molecule has 1 heterocycles. The summed E-state index contributed by atoms with van der Waals surface area (Å²) in [6.45, 7) is -0.0479. The van der Waals surface area contributed by atoms with Gasteiger partial charge in [0.15, 0.2) is 18.1 Å². The lowest BCUT2D eigenvalue weighted by molar-refractivity contribution is -0.122. The number of rotatable bonds is 6. The molecule has 1 N–H and O–H groups in total. The predicted octanol–water partition coefficient (Wildman–Crippen LogP) is 3.60. The summed E-state index contributed by atoms with van der Waals surface area (Å²) in [5.41, 5.74) is 1.96. The van der Waals surface area contributed by atoms with Gasteiger partial charge in [0, 0.05) is 7.05 Å². The predicted molar refractivity (Wildman–Crippen MR) is 101 cm³/mol. The number of likely N-dealkylation sites (N-methyl/N-ethyl adjacent to an activating group) is 1. The van der Waals surface area contributed by atoms with E-state index in [0.717, 1.165) is 20.8 Å². The van der Waals surface area contributed by atoms with E-state index < -0.39 is 0 Å². The van der Waals surface area contributed by atoms with Gasteiger partial charge in [-0.25, -0.2) is 4.98 Å². The molecule has 0 saturated heterocycles. The fourth-order valence-corrected chi connectivity index (χ4v) is 3.12. The SMILES string of the molecule is CNC(=O)COc1ccc(/C=C/c2nc3ccccc3s2)cc1OC. The molecule has 0 spiro atoms. The Morgan fingerprint density at radius 3 is 2.80 bits per heavy atom. The second kappa shape index (κ2) is 7.81. The van der Waals surface area contributed by atoms with E-state index in [1.54, 1.807) is 31.6 Å². The van der Waals surface area contributed by atoms with Crippen LogP contribution in [0, 0.1) is 0 Å². The highest BCUT2D eigenvalue weighted by molar-refractivity contribution is 7.19. The van der Waals surface area contributed by atoms with E-state index >= 15 is 0 Å². The monoisotopic (exact) mass is 354 g/mol. The lowest BCUT2D eigenvalue weighted by Crippen LogP contribution is -2.24. The maximum atomic E-state index is 11.3. The van der Waals surface area contributed by atoms with E-state index in [2.05, 4.69) is 16.4 Å². The summed E-state index contributed by atoms with van der Waals surface area (Å²) < 4.78 is 12.0. The highest BCUT2D eigenvalue weighted by Gasteiger charge is 2.07. The van der Waals surface area contributed by atoms with Crippen LogP contribution in [0.25, 0.3) is 22.4 Å². The maximum Gasteiger partial charge on any atom is 0.257 e. The van der Waals surface area contributed by atoms with Gasteiger partial charge >= 0.3 is 0 Å². The van der Waals surface area contributed by atoms with Crippen molar-refractivity contribution in [1.29, 1.82) is 0 Å². The van der Waals surface area contributed by atoms with E-state index in [1.807, 2.05) is 42.5 Å².